The molecule has 6 nitrogen and oxygen atoms in total. The first-order valence-electron chi connectivity index (χ1n) is 9.58. The van der Waals surface area contributed by atoms with Crippen LogP contribution in [0.4, 0.5) is 0 Å². The molecular formula is C21H29N3O3. The Kier molecular flexibility index (Phi) is 6.16. The minimum atomic E-state index is -0.0223. The van der Waals surface area contributed by atoms with E-state index in [9.17, 15) is 4.79 Å². The molecule has 1 fully saturated rings. The van der Waals surface area contributed by atoms with Crippen molar-refractivity contribution in [2.45, 2.75) is 39.7 Å². The highest BCUT2D eigenvalue weighted by molar-refractivity contribution is 6.00. The van der Waals surface area contributed by atoms with Crippen molar-refractivity contribution in [3.63, 3.8) is 0 Å². The number of methoxy groups -OCH3 is 2. The summed E-state index contributed by atoms with van der Waals surface area (Å²) in [5.41, 5.74) is 2.84. The smallest absolute Gasteiger partial charge is 0.170 e. The van der Waals surface area contributed by atoms with E-state index >= 15 is 0 Å². The first-order valence-corrected chi connectivity index (χ1v) is 9.58. The summed E-state index contributed by atoms with van der Waals surface area (Å²) in [4.78, 5) is 23.5. The van der Waals surface area contributed by atoms with Crippen LogP contribution in [-0.4, -0.2) is 48.0 Å². The van der Waals surface area contributed by atoms with Crippen molar-refractivity contribution in [3.8, 4) is 11.5 Å². The van der Waals surface area contributed by atoms with Crippen LogP contribution in [0, 0.1) is 12.8 Å². The third kappa shape index (κ3) is 4.33. The summed E-state index contributed by atoms with van der Waals surface area (Å²) < 4.78 is 10.7. The number of aromatic nitrogens is 2. The van der Waals surface area contributed by atoms with Gasteiger partial charge in [0.05, 0.1) is 25.5 Å². The van der Waals surface area contributed by atoms with Gasteiger partial charge in [-0.25, -0.2) is 4.98 Å². The Balaban J connectivity index is 1.72. The van der Waals surface area contributed by atoms with E-state index in [2.05, 4.69) is 28.7 Å². The third-order valence-corrected chi connectivity index (χ3v) is 5.29. The number of aryl methyl sites for hydroxylation is 2. The fraction of sp³-hybridized carbons (Fsp3) is 0.524. The summed E-state index contributed by atoms with van der Waals surface area (Å²) in [5.74, 6) is 2.41. The molecule has 0 bridgehead atoms. The van der Waals surface area contributed by atoms with Gasteiger partial charge in [-0.1, -0.05) is 6.92 Å². The molecule has 0 spiro atoms. The lowest BCUT2D eigenvalue weighted by atomic mass is 9.89. The van der Waals surface area contributed by atoms with Gasteiger partial charge in [-0.15, -0.1) is 0 Å². The fourth-order valence-electron chi connectivity index (χ4n) is 3.73. The molecule has 6 heteroatoms. The molecule has 2 heterocycles. The average Bonchev–Trinajstić information content (AvgIpc) is 3.06. The normalized spacial score (nSPS) is 17.7. The number of carbonyl (C=O) groups is 1. The van der Waals surface area contributed by atoms with Crippen molar-refractivity contribution in [2.24, 2.45) is 5.92 Å². The number of H-pyrrole nitrogens is 1. The highest BCUT2D eigenvalue weighted by atomic mass is 16.5. The van der Waals surface area contributed by atoms with Crippen LogP contribution in [0.5, 0.6) is 11.5 Å². The highest BCUT2D eigenvalue weighted by Crippen LogP contribution is 2.30. The first kappa shape index (κ1) is 19.4. The first-order chi connectivity index (χ1) is 13.0. The molecule has 1 aliphatic heterocycles. The number of nitrogens with one attached hydrogen (secondary N) is 1. The number of ether oxygens (including phenoxy) is 2. The molecule has 2 aromatic rings. The number of carbonyl (C=O) groups excluding carboxylic acids is 1. The van der Waals surface area contributed by atoms with Crippen LogP contribution in [0.2, 0.25) is 0 Å². The summed E-state index contributed by atoms with van der Waals surface area (Å²) in [6.07, 6.45) is 2.82. The van der Waals surface area contributed by atoms with Gasteiger partial charge in [0.1, 0.15) is 17.3 Å². The van der Waals surface area contributed by atoms with E-state index in [1.54, 1.807) is 20.3 Å². The quantitative estimate of drug-likeness (QED) is 0.756. The Hall–Kier alpha value is -2.34. The Bertz CT molecular complexity index is 800. The Morgan fingerprint density at radius 2 is 2.15 bits per heavy atom. The van der Waals surface area contributed by atoms with Gasteiger partial charge in [0.25, 0.3) is 0 Å². The second kappa shape index (κ2) is 8.57. The second-order valence-corrected chi connectivity index (χ2v) is 7.11. The van der Waals surface area contributed by atoms with E-state index < -0.39 is 0 Å². The van der Waals surface area contributed by atoms with Crippen LogP contribution in [0.1, 0.15) is 47.3 Å². The molecule has 1 aliphatic rings. The van der Waals surface area contributed by atoms with Gasteiger partial charge in [0, 0.05) is 37.2 Å². The minimum Gasteiger partial charge on any atom is -0.497 e. The lowest BCUT2D eigenvalue weighted by Gasteiger charge is -2.31. The molecule has 27 heavy (non-hydrogen) atoms. The van der Waals surface area contributed by atoms with E-state index in [4.69, 9.17) is 9.47 Å². The number of likely N-dealkylation sites (tertiary alicyclic amines) is 1. The van der Waals surface area contributed by atoms with Crippen LogP contribution in [0.25, 0.3) is 0 Å². The molecular weight excluding hydrogens is 342 g/mol. The predicted molar refractivity (Wildman–Crippen MR) is 105 cm³/mol. The van der Waals surface area contributed by atoms with Crippen molar-refractivity contribution < 1.29 is 14.3 Å². The highest BCUT2D eigenvalue weighted by Gasteiger charge is 2.29. The summed E-state index contributed by atoms with van der Waals surface area (Å²) in [6, 6.07) is 5.40. The van der Waals surface area contributed by atoms with Crippen molar-refractivity contribution in [1.29, 1.82) is 0 Å². The van der Waals surface area contributed by atoms with Crippen LogP contribution in [0.3, 0.4) is 0 Å². The summed E-state index contributed by atoms with van der Waals surface area (Å²) in [6.45, 7) is 6.70. The molecule has 0 saturated carbocycles. The third-order valence-electron chi connectivity index (χ3n) is 5.29. The van der Waals surface area contributed by atoms with Gasteiger partial charge in [0.15, 0.2) is 5.78 Å². The van der Waals surface area contributed by atoms with Gasteiger partial charge >= 0.3 is 0 Å². The number of Topliss-reactive ketones (excluding diaryl/α,β-unsaturated/α-hetero) is 1. The number of ketones is 1. The van der Waals surface area contributed by atoms with Crippen LogP contribution < -0.4 is 9.47 Å². The molecule has 1 atom stereocenters. The number of nitrogens with zero attached hydrogens (tertiary/aromatic N) is 2. The lowest BCUT2D eigenvalue weighted by molar-refractivity contribution is 0.0807. The zero-order chi connectivity index (χ0) is 19.4. The molecule has 1 N–H and O–H groups in total. The number of imidazole rings is 1. The largest absolute Gasteiger partial charge is 0.497 e. The molecule has 0 unspecified atom stereocenters. The van der Waals surface area contributed by atoms with E-state index in [0.717, 1.165) is 56.1 Å². The van der Waals surface area contributed by atoms with Crippen molar-refractivity contribution in [3.05, 3.63) is 41.0 Å². The molecule has 0 amide bonds. The van der Waals surface area contributed by atoms with Crippen LogP contribution >= 0.6 is 0 Å². The van der Waals surface area contributed by atoms with Gasteiger partial charge < -0.3 is 14.5 Å². The van der Waals surface area contributed by atoms with Gasteiger partial charge in [0.2, 0.25) is 0 Å². The summed E-state index contributed by atoms with van der Waals surface area (Å²) >= 11 is 0. The number of aromatic amines is 1. The number of benzene rings is 1. The number of hydrogen-bond donors (Lipinski definition) is 1. The zero-order valence-corrected chi connectivity index (χ0v) is 16.7. The Labute approximate surface area is 160 Å². The number of hydrogen-bond acceptors (Lipinski definition) is 5. The summed E-state index contributed by atoms with van der Waals surface area (Å²) in [5, 5.41) is 0. The van der Waals surface area contributed by atoms with Crippen molar-refractivity contribution >= 4 is 5.78 Å². The SMILES string of the molecule is CCc1nc(CN2CCC[C@H](C(=O)c3ccc(OC)cc3OC)C2)c(C)[nH]1. The maximum Gasteiger partial charge on any atom is 0.170 e. The van der Waals surface area contributed by atoms with E-state index in [0.29, 0.717) is 17.1 Å². The van der Waals surface area contributed by atoms with Gasteiger partial charge in [-0.3, -0.25) is 9.69 Å². The number of rotatable bonds is 7. The predicted octanol–water partition coefficient (Wildman–Crippen LogP) is 3.39. The van der Waals surface area contributed by atoms with E-state index in [1.807, 2.05) is 12.1 Å². The minimum absolute atomic E-state index is 0.0223. The standard InChI is InChI=1S/C21H29N3O3/c1-5-20-22-14(2)18(23-20)13-24-10-6-7-15(12-24)21(25)17-9-8-16(26-3)11-19(17)27-4/h8-9,11,15H,5-7,10,12-13H2,1-4H3,(H,22,23)/t15-/m0/s1. The van der Waals surface area contributed by atoms with E-state index in [-0.39, 0.29) is 11.7 Å². The van der Waals surface area contributed by atoms with Gasteiger partial charge in [-0.05, 0) is 38.4 Å². The zero-order valence-electron chi connectivity index (χ0n) is 16.7. The molecule has 1 saturated heterocycles. The van der Waals surface area contributed by atoms with Crippen LogP contribution in [-0.2, 0) is 13.0 Å². The Morgan fingerprint density at radius 3 is 2.81 bits per heavy atom. The second-order valence-electron chi connectivity index (χ2n) is 7.11. The molecule has 3 rings (SSSR count). The maximum atomic E-state index is 13.1. The fourth-order valence-corrected chi connectivity index (χ4v) is 3.73. The van der Waals surface area contributed by atoms with Crippen molar-refractivity contribution in [2.75, 3.05) is 27.3 Å². The number of piperidine rings is 1. The molecule has 1 aromatic heterocycles. The topological polar surface area (TPSA) is 67.5 Å². The molecule has 0 aliphatic carbocycles. The molecule has 146 valence electrons. The summed E-state index contributed by atoms with van der Waals surface area (Å²) in [7, 11) is 3.20. The molecule has 1 aromatic carbocycles. The molecule has 0 radical (unpaired) electrons. The maximum absolute atomic E-state index is 13.1. The lowest BCUT2D eigenvalue weighted by Crippen LogP contribution is -2.38. The Morgan fingerprint density at radius 1 is 1.33 bits per heavy atom. The monoisotopic (exact) mass is 371 g/mol. The van der Waals surface area contributed by atoms with Gasteiger partial charge in [-0.2, -0.15) is 0 Å². The van der Waals surface area contributed by atoms with Crippen LogP contribution in [0.15, 0.2) is 18.2 Å². The van der Waals surface area contributed by atoms with Crippen molar-refractivity contribution in [1.82, 2.24) is 14.9 Å². The average molecular weight is 371 g/mol. The van der Waals surface area contributed by atoms with E-state index in [1.165, 1.54) is 0 Å².